The van der Waals surface area contributed by atoms with E-state index in [4.69, 9.17) is 0 Å². The maximum absolute atomic E-state index is 10.8. The molecule has 1 aromatic rings. The molecule has 0 radical (unpaired) electrons. The molecule has 2 N–H and O–H groups in total. The Morgan fingerprint density at radius 1 is 1.25 bits per heavy atom. The monoisotopic (exact) mass is 276 g/mol. The Balaban J connectivity index is 1.98. The van der Waals surface area contributed by atoms with Crippen LogP contribution in [0.25, 0.3) is 0 Å². The molecule has 1 aromatic heterocycles. The lowest BCUT2D eigenvalue weighted by Crippen LogP contribution is -2.42. The van der Waals surface area contributed by atoms with E-state index in [0.717, 1.165) is 25.7 Å². The Kier molecular flexibility index (Phi) is 5.55. The molecule has 0 bridgehead atoms. The van der Waals surface area contributed by atoms with Crippen LogP contribution < -0.4 is 5.32 Å². The zero-order chi connectivity index (χ0) is 14.4. The normalized spacial score (nSPS) is 20.6. The Hall–Kier alpha value is -0.930. The molecule has 2 rings (SSSR count). The standard InChI is InChI=1S/C17H28N2O/c1-14(2)16(15-8-7-11-18-12-15)19-13-17(20)9-5-3-4-6-10-17/h7-8,11-12,14,16,19-20H,3-6,9-10,13H2,1-2H3. The minimum atomic E-state index is -0.522. The van der Waals surface area contributed by atoms with Crippen LogP contribution in [0, 0.1) is 5.92 Å². The van der Waals surface area contributed by atoms with Gasteiger partial charge in [-0.3, -0.25) is 4.98 Å². The Bertz CT molecular complexity index is 383. The number of nitrogens with zero attached hydrogens (tertiary/aromatic N) is 1. The van der Waals surface area contributed by atoms with Gasteiger partial charge in [0.15, 0.2) is 0 Å². The minimum absolute atomic E-state index is 0.260. The third-order valence-corrected chi connectivity index (χ3v) is 4.40. The van der Waals surface area contributed by atoms with Crippen molar-refractivity contribution in [2.45, 2.75) is 64.0 Å². The second kappa shape index (κ2) is 7.19. The van der Waals surface area contributed by atoms with Gasteiger partial charge in [0.2, 0.25) is 0 Å². The van der Waals surface area contributed by atoms with Crippen molar-refractivity contribution in [3.05, 3.63) is 30.1 Å². The molecular formula is C17H28N2O. The van der Waals surface area contributed by atoms with Crippen LogP contribution in [0.5, 0.6) is 0 Å². The summed E-state index contributed by atoms with van der Waals surface area (Å²) in [7, 11) is 0. The van der Waals surface area contributed by atoms with Crippen LogP contribution in [0.1, 0.15) is 64.0 Å². The van der Waals surface area contributed by atoms with Crippen LogP contribution in [0.4, 0.5) is 0 Å². The van der Waals surface area contributed by atoms with Gasteiger partial charge in [-0.25, -0.2) is 0 Å². The highest BCUT2D eigenvalue weighted by Crippen LogP contribution is 2.28. The fraction of sp³-hybridized carbons (Fsp3) is 0.706. The third kappa shape index (κ3) is 4.29. The van der Waals surface area contributed by atoms with Crippen LogP contribution in [-0.4, -0.2) is 22.2 Å². The van der Waals surface area contributed by atoms with Gasteiger partial charge in [0.05, 0.1) is 5.60 Å². The van der Waals surface area contributed by atoms with Gasteiger partial charge in [-0.15, -0.1) is 0 Å². The molecule has 1 aliphatic carbocycles. The first-order valence-corrected chi connectivity index (χ1v) is 7.96. The van der Waals surface area contributed by atoms with E-state index >= 15 is 0 Å². The van der Waals surface area contributed by atoms with E-state index in [9.17, 15) is 5.11 Å². The van der Waals surface area contributed by atoms with E-state index < -0.39 is 5.60 Å². The van der Waals surface area contributed by atoms with Gasteiger partial charge in [0.1, 0.15) is 0 Å². The smallest absolute Gasteiger partial charge is 0.0771 e. The molecule has 1 aliphatic rings. The summed E-state index contributed by atoms with van der Waals surface area (Å²) in [4.78, 5) is 4.21. The summed E-state index contributed by atoms with van der Waals surface area (Å²) in [5.41, 5.74) is 0.686. The summed E-state index contributed by atoms with van der Waals surface area (Å²) >= 11 is 0. The minimum Gasteiger partial charge on any atom is -0.389 e. The molecule has 0 aliphatic heterocycles. The van der Waals surface area contributed by atoms with Crippen molar-refractivity contribution in [2.24, 2.45) is 5.92 Å². The zero-order valence-corrected chi connectivity index (χ0v) is 12.8. The van der Waals surface area contributed by atoms with Gasteiger partial charge in [0.25, 0.3) is 0 Å². The molecule has 0 amide bonds. The lowest BCUT2D eigenvalue weighted by molar-refractivity contribution is 0.0212. The molecule has 3 nitrogen and oxygen atoms in total. The van der Waals surface area contributed by atoms with Crippen LogP contribution in [0.3, 0.4) is 0 Å². The molecule has 112 valence electrons. The SMILES string of the molecule is CC(C)C(NCC1(O)CCCCCC1)c1cccnc1. The van der Waals surface area contributed by atoms with E-state index in [1.807, 2.05) is 12.3 Å². The van der Waals surface area contributed by atoms with Crippen molar-refractivity contribution in [1.29, 1.82) is 0 Å². The molecule has 0 aromatic carbocycles. The molecule has 1 atom stereocenters. The van der Waals surface area contributed by atoms with Gasteiger partial charge in [0, 0.05) is 25.0 Å². The summed E-state index contributed by atoms with van der Waals surface area (Å²) in [6.45, 7) is 5.11. The second-order valence-corrected chi connectivity index (χ2v) is 6.53. The number of nitrogens with one attached hydrogen (secondary N) is 1. The van der Waals surface area contributed by atoms with Crippen LogP contribution in [0.15, 0.2) is 24.5 Å². The fourth-order valence-electron chi connectivity index (χ4n) is 3.16. The zero-order valence-electron chi connectivity index (χ0n) is 12.8. The lowest BCUT2D eigenvalue weighted by Gasteiger charge is -2.31. The van der Waals surface area contributed by atoms with Crippen LogP contribution >= 0.6 is 0 Å². The van der Waals surface area contributed by atoms with Crippen molar-refractivity contribution in [2.75, 3.05) is 6.54 Å². The first-order valence-electron chi connectivity index (χ1n) is 7.96. The fourth-order valence-corrected chi connectivity index (χ4v) is 3.16. The molecule has 0 saturated heterocycles. The predicted octanol–water partition coefficient (Wildman–Crippen LogP) is 3.45. The molecule has 1 heterocycles. The van der Waals surface area contributed by atoms with Gasteiger partial charge >= 0.3 is 0 Å². The number of aliphatic hydroxyl groups is 1. The third-order valence-electron chi connectivity index (χ3n) is 4.40. The van der Waals surface area contributed by atoms with Gasteiger partial charge in [-0.05, 0) is 30.4 Å². The van der Waals surface area contributed by atoms with Crippen LogP contribution in [-0.2, 0) is 0 Å². The number of hydrogen-bond donors (Lipinski definition) is 2. The number of aromatic nitrogens is 1. The van der Waals surface area contributed by atoms with E-state index in [2.05, 4.69) is 30.2 Å². The van der Waals surface area contributed by atoms with Gasteiger partial charge < -0.3 is 10.4 Å². The average Bonchev–Trinajstić information content (AvgIpc) is 2.65. The maximum atomic E-state index is 10.8. The highest BCUT2D eigenvalue weighted by molar-refractivity contribution is 5.14. The number of hydrogen-bond acceptors (Lipinski definition) is 3. The second-order valence-electron chi connectivity index (χ2n) is 6.53. The highest BCUT2D eigenvalue weighted by Gasteiger charge is 2.29. The van der Waals surface area contributed by atoms with E-state index in [0.29, 0.717) is 12.5 Å². The number of rotatable bonds is 5. The van der Waals surface area contributed by atoms with Gasteiger partial charge in [-0.2, -0.15) is 0 Å². The summed E-state index contributed by atoms with van der Waals surface area (Å²) in [6.07, 6.45) is 10.4. The largest absolute Gasteiger partial charge is 0.389 e. The molecule has 0 spiro atoms. The molecule has 1 unspecified atom stereocenters. The summed E-state index contributed by atoms with van der Waals surface area (Å²) in [5, 5.41) is 14.3. The van der Waals surface area contributed by atoms with Crippen LogP contribution in [0.2, 0.25) is 0 Å². The highest BCUT2D eigenvalue weighted by atomic mass is 16.3. The Morgan fingerprint density at radius 2 is 1.95 bits per heavy atom. The quantitative estimate of drug-likeness (QED) is 0.810. The molecule has 1 saturated carbocycles. The van der Waals surface area contributed by atoms with Crippen molar-refractivity contribution in [3.8, 4) is 0 Å². The number of pyridine rings is 1. The molecule has 1 fully saturated rings. The van der Waals surface area contributed by atoms with E-state index in [1.54, 1.807) is 6.20 Å². The summed E-state index contributed by atoms with van der Waals surface area (Å²) in [5.74, 6) is 0.480. The Morgan fingerprint density at radius 3 is 2.50 bits per heavy atom. The molecule has 3 heteroatoms. The van der Waals surface area contributed by atoms with Crippen molar-refractivity contribution in [1.82, 2.24) is 10.3 Å². The lowest BCUT2D eigenvalue weighted by atomic mass is 9.92. The predicted molar refractivity (Wildman–Crippen MR) is 82.5 cm³/mol. The Labute approximate surface area is 122 Å². The molecule has 20 heavy (non-hydrogen) atoms. The van der Waals surface area contributed by atoms with E-state index in [1.165, 1.54) is 18.4 Å². The van der Waals surface area contributed by atoms with E-state index in [-0.39, 0.29) is 6.04 Å². The molecular weight excluding hydrogens is 248 g/mol. The maximum Gasteiger partial charge on any atom is 0.0771 e. The first kappa shape index (κ1) is 15.5. The van der Waals surface area contributed by atoms with Crippen molar-refractivity contribution < 1.29 is 5.11 Å². The van der Waals surface area contributed by atoms with Gasteiger partial charge in [-0.1, -0.05) is 45.6 Å². The summed E-state index contributed by atoms with van der Waals surface area (Å²) < 4.78 is 0. The van der Waals surface area contributed by atoms with Crippen molar-refractivity contribution in [3.63, 3.8) is 0 Å². The van der Waals surface area contributed by atoms with Crippen molar-refractivity contribution >= 4 is 0 Å². The summed E-state index contributed by atoms with van der Waals surface area (Å²) in [6, 6.07) is 4.35. The first-order chi connectivity index (χ1) is 9.61. The topological polar surface area (TPSA) is 45.1 Å². The average molecular weight is 276 g/mol.